The molecule has 0 aliphatic carbocycles. The summed E-state index contributed by atoms with van der Waals surface area (Å²) in [6.45, 7) is 3.90. The van der Waals surface area contributed by atoms with Crippen molar-refractivity contribution in [2.75, 3.05) is 13.1 Å². The number of ether oxygens (including phenoxy) is 1. The Morgan fingerprint density at radius 2 is 1.50 bits per heavy atom. The van der Waals surface area contributed by atoms with E-state index in [0.717, 1.165) is 23.4 Å². The Morgan fingerprint density at radius 1 is 0.767 bits per heavy atom. The average molecular weight is 400 g/mol. The topological polar surface area (TPSA) is 29.5 Å². The smallest absolute Gasteiger partial charge is 0.167 e. The first-order valence-corrected chi connectivity index (χ1v) is 10.9. The lowest BCUT2D eigenvalue weighted by Crippen LogP contribution is -2.29. The van der Waals surface area contributed by atoms with Gasteiger partial charge in [-0.3, -0.25) is 9.69 Å². The van der Waals surface area contributed by atoms with Crippen molar-refractivity contribution >= 4 is 5.78 Å². The second-order valence-electron chi connectivity index (χ2n) is 8.06. The molecule has 0 aromatic heterocycles. The molecule has 1 aliphatic heterocycles. The zero-order chi connectivity index (χ0) is 20.6. The minimum atomic E-state index is 0.115. The molecule has 3 heteroatoms. The molecule has 0 radical (unpaired) electrons. The summed E-state index contributed by atoms with van der Waals surface area (Å²) in [6.07, 6.45) is 4.38. The van der Waals surface area contributed by atoms with Crippen LogP contribution < -0.4 is 4.74 Å². The van der Waals surface area contributed by atoms with Crippen molar-refractivity contribution in [2.45, 2.75) is 38.8 Å². The Balaban J connectivity index is 1.33. The monoisotopic (exact) mass is 399 g/mol. The van der Waals surface area contributed by atoms with Crippen molar-refractivity contribution in [1.82, 2.24) is 4.90 Å². The van der Waals surface area contributed by atoms with Crippen LogP contribution in [0.4, 0.5) is 0 Å². The van der Waals surface area contributed by atoms with E-state index in [4.69, 9.17) is 4.74 Å². The maximum absolute atomic E-state index is 12.8. The molecule has 0 bridgehead atoms. The largest absolute Gasteiger partial charge is 0.489 e. The van der Waals surface area contributed by atoms with E-state index >= 15 is 0 Å². The normalized spacial score (nSPS) is 14.4. The Kier molecular flexibility index (Phi) is 6.94. The second-order valence-corrected chi connectivity index (χ2v) is 8.06. The van der Waals surface area contributed by atoms with E-state index in [1.54, 1.807) is 0 Å². The van der Waals surface area contributed by atoms with Gasteiger partial charge in [-0.05, 0) is 54.8 Å². The van der Waals surface area contributed by atoms with E-state index in [9.17, 15) is 4.79 Å². The molecular weight excluding hydrogens is 370 g/mol. The predicted octanol–water partition coefficient (Wildman–Crippen LogP) is 5.68. The van der Waals surface area contributed by atoms with E-state index in [1.165, 1.54) is 37.9 Å². The van der Waals surface area contributed by atoms with Crippen molar-refractivity contribution in [1.29, 1.82) is 0 Å². The highest BCUT2D eigenvalue weighted by Gasteiger charge is 2.11. The quantitative estimate of drug-likeness (QED) is 0.457. The van der Waals surface area contributed by atoms with Gasteiger partial charge in [0.25, 0.3) is 0 Å². The molecule has 3 aromatic carbocycles. The Bertz CT molecular complexity index is 944. The molecule has 30 heavy (non-hydrogen) atoms. The highest BCUT2D eigenvalue weighted by Crippen LogP contribution is 2.18. The molecule has 0 amide bonds. The number of ketones is 1. The average Bonchev–Trinajstić information content (AvgIpc) is 2.80. The number of nitrogens with zero attached hydrogens (tertiary/aromatic N) is 1. The molecule has 3 aromatic rings. The molecule has 0 atom stereocenters. The van der Waals surface area contributed by atoms with Crippen LogP contribution in [0.1, 0.15) is 46.3 Å². The van der Waals surface area contributed by atoms with Crippen molar-refractivity contribution in [3.05, 3.63) is 101 Å². The molecular formula is C27H29NO2. The lowest BCUT2D eigenvalue weighted by Gasteiger charge is -2.26. The predicted molar refractivity (Wildman–Crippen MR) is 121 cm³/mol. The fourth-order valence-corrected chi connectivity index (χ4v) is 3.93. The molecule has 4 rings (SSSR count). The highest BCUT2D eigenvalue weighted by molar-refractivity contribution is 5.97. The summed E-state index contributed by atoms with van der Waals surface area (Å²) < 4.78 is 5.86. The fourth-order valence-electron chi connectivity index (χ4n) is 3.93. The van der Waals surface area contributed by atoms with Gasteiger partial charge in [0.2, 0.25) is 0 Å². The number of piperidine rings is 1. The van der Waals surface area contributed by atoms with Gasteiger partial charge in [0.15, 0.2) is 5.78 Å². The summed E-state index contributed by atoms with van der Waals surface area (Å²) in [5.74, 6) is 0.838. The van der Waals surface area contributed by atoms with Crippen molar-refractivity contribution < 1.29 is 9.53 Å². The van der Waals surface area contributed by atoms with Crippen LogP contribution in [-0.2, 0) is 19.6 Å². The summed E-state index contributed by atoms with van der Waals surface area (Å²) in [7, 11) is 0. The lowest BCUT2D eigenvalue weighted by molar-refractivity contribution is 0.0992. The van der Waals surface area contributed by atoms with E-state index in [1.807, 2.05) is 54.6 Å². The zero-order valence-corrected chi connectivity index (χ0v) is 17.4. The van der Waals surface area contributed by atoms with Gasteiger partial charge in [0.1, 0.15) is 12.4 Å². The van der Waals surface area contributed by atoms with Crippen LogP contribution in [0.25, 0.3) is 0 Å². The third kappa shape index (κ3) is 5.80. The number of likely N-dealkylation sites (tertiary alicyclic amines) is 1. The van der Waals surface area contributed by atoms with Crippen LogP contribution in [0.3, 0.4) is 0 Å². The van der Waals surface area contributed by atoms with Gasteiger partial charge in [-0.1, -0.05) is 73.2 Å². The lowest BCUT2D eigenvalue weighted by atomic mass is 10.0. The van der Waals surface area contributed by atoms with Crippen LogP contribution >= 0.6 is 0 Å². The van der Waals surface area contributed by atoms with Crippen LogP contribution in [0.5, 0.6) is 5.75 Å². The van der Waals surface area contributed by atoms with Crippen molar-refractivity contribution in [3.8, 4) is 5.75 Å². The number of carbonyl (C=O) groups excluding carboxylic acids is 1. The van der Waals surface area contributed by atoms with Crippen LogP contribution in [0, 0.1) is 0 Å². The van der Waals surface area contributed by atoms with Crippen LogP contribution in [0.15, 0.2) is 78.9 Å². The number of carbonyl (C=O) groups is 1. The summed E-state index contributed by atoms with van der Waals surface area (Å²) in [6, 6.07) is 26.0. The number of Topliss-reactive ketones (excluding diaryl/α,β-unsaturated/α-hetero) is 1. The Hall–Kier alpha value is -2.91. The van der Waals surface area contributed by atoms with Gasteiger partial charge >= 0.3 is 0 Å². The Morgan fingerprint density at radius 3 is 2.27 bits per heavy atom. The van der Waals surface area contributed by atoms with Gasteiger partial charge < -0.3 is 4.74 Å². The van der Waals surface area contributed by atoms with Gasteiger partial charge in [0, 0.05) is 18.5 Å². The molecule has 1 saturated heterocycles. The molecule has 0 spiro atoms. The molecule has 1 aliphatic rings. The number of rotatable bonds is 8. The first-order chi connectivity index (χ1) is 14.8. The third-order valence-electron chi connectivity index (χ3n) is 5.65. The number of hydrogen-bond acceptors (Lipinski definition) is 3. The molecule has 154 valence electrons. The minimum Gasteiger partial charge on any atom is -0.489 e. The zero-order valence-electron chi connectivity index (χ0n) is 17.4. The van der Waals surface area contributed by atoms with E-state index in [0.29, 0.717) is 18.6 Å². The minimum absolute atomic E-state index is 0.115. The third-order valence-corrected chi connectivity index (χ3v) is 5.65. The van der Waals surface area contributed by atoms with Gasteiger partial charge in [-0.15, -0.1) is 0 Å². The molecule has 1 fully saturated rings. The molecule has 1 heterocycles. The van der Waals surface area contributed by atoms with Crippen LogP contribution in [-0.4, -0.2) is 23.8 Å². The maximum Gasteiger partial charge on any atom is 0.167 e. The SMILES string of the molecule is O=C(Cc1ccc(CN2CCCCC2)cc1)c1cccc(OCc2ccccc2)c1. The molecule has 3 nitrogen and oxygen atoms in total. The van der Waals surface area contributed by atoms with E-state index < -0.39 is 0 Å². The first-order valence-electron chi connectivity index (χ1n) is 10.9. The fraction of sp³-hybridized carbons (Fsp3) is 0.296. The van der Waals surface area contributed by atoms with Gasteiger partial charge in [-0.25, -0.2) is 0 Å². The summed E-state index contributed by atoms with van der Waals surface area (Å²) >= 11 is 0. The molecule has 0 unspecified atom stereocenters. The van der Waals surface area contributed by atoms with Crippen LogP contribution in [0.2, 0.25) is 0 Å². The summed E-state index contributed by atoms with van der Waals surface area (Å²) in [4.78, 5) is 15.3. The second kappa shape index (κ2) is 10.2. The molecule has 0 saturated carbocycles. The van der Waals surface area contributed by atoms with Gasteiger partial charge in [0.05, 0.1) is 0 Å². The van der Waals surface area contributed by atoms with Gasteiger partial charge in [-0.2, -0.15) is 0 Å². The van der Waals surface area contributed by atoms with Crippen molar-refractivity contribution in [2.24, 2.45) is 0 Å². The standard InChI is InChI=1S/C27H29NO2/c29-27(18-22-12-14-23(15-13-22)20-28-16-5-2-6-17-28)25-10-7-11-26(19-25)30-21-24-8-3-1-4-9-24/h1,3-4,7-15,19H,2,5-6,16-18,20-21H2. The van der Waals surface area contributed by atoms with Crippen molar-refractivity contribution in [3.63, 3.8) is 0 Å². The Labute approximate surface area is 179 Å². The number of benzene rings is 3. The highest BCUT2D eigenvalue weighted by atomic mass is 16.5. The summed E-state index contributed by atoms with van der Waals surface area (Å²) in [5.41, 5.74) is 4.18. The van der Waals surface area contributed by atoms with E-state index in [2.05, 4.69) is 29.2 Å². The summed E-state index contributed by atoms with van der Waals surface area (Å²) in [5, 5.41) is 0. The maximum atomic E-state index is 12.8. The molecule has 0 N–H and O–H groups in total. The van der Waals surface area contributed by atoms with E-state index in [-0.39, 0.29) is 5.78 Å². The number of hydrogen-bond donors (Lipinski definition) is 0. The first kappa shape index (κ1) is 20.4.